The van der Waals surface area contributed by atoms with Gasteiger partial charge >= 0.3 is 0 Å². The largest absolute Gasteiger partial charge is 0.359 e. The highest BCUT2D eigenvalue weighted by Crippen LogP contribution is 2.37. The number of rotatable bonds is 5. The van der Waals surface area contributed by atoms with Gasteiger partial charge in [-0.3, -0.25) is 5.10 Å². The molecule has 4 aromatic heterocycles. The lowest BCUT2D eigenvalue weighted by Crippen LogP contribution is -2.24. The van der Waals surface area contributed by atoms with Gasteiger partial charge in [-0.25, -0.2) is 9.97 Å². The van der Waals surface area contributed by atoms with Gasteiger partial charge in [-0.2, -0.15) is 10.1 Å². The first kappa shape index (κ1) is 18.6. The van der Waals surface area contributed by atoms with Crippen molar-refractivity contribution < 1.29 is 4.52 Å². The maximum absolute atomic E-state index is 6.20. The number of nitrogens with zero attached hydrogens (tertiary/aromatic N) is 6. The first-order chi connectivity index (χ1) is 14.7. The quantitative estimate of drug-likeness (QED) is 0.458. The molecule has 0 saturated carbocycles. The Morgan fingerprint density at radius 1 is 1.20 bits per heavy atom. The fourth-order valence-electron chi connectivity index (χ4n) is 3.62. The number of hydrogen-bond acceptors (Lipinski definition) is 8. The van der Waals surface area contributed by atoms with Crippen LogP contribution >= 0.6 is 11.6 Å². The van der Waals surface area contributed by atoms with Gasteiger partial charge in [0.15, 0.2) is 11.6 Å². The van der Waals surface area contributed by atoms with E-state index >= 15 is 0 Å². The average Bonchev–Trinajstić information content (AvgIpc) is 3.49. The van der Waals surface area contributed by atoms with Crippen molar-refractivity contribution in [2.45, 2.75) is 25.8 Å². The molecule has 0 unspecified atom stereocenters. The number of H-pyrrole nitrogens is 1. The predicted molar refractivity (Wildman–Crippen MR) is 113 cm³/mol. The molecular weight excluding hydrogens is 404 g/mol. The van der Waals surface area contributed by atoms with E-state index in [1.807, 2.05) is 37.3 Å². The molecule has 0 aliphatic carbocycles. The number of aromatic nitrogens is 6. The minimum Gasteiger partial charge on any atom is -0.359 e. The molecule has 5 heterocycles. The van der Waals surface area contributed by atoms with E-state index in [2.05, 4.69) is 40.5 Å². The van der Waals surface area contributed by atoms with Crippen molar-refractivity contribution in [2.24, 2.45) is 0 Å². The summed E-state index contributed by atoms with van der Waals surface area (Å²) in [6.07, 6.45) is 5.32. The molecular formula is C20H19ClN8O. The minimum absolute atomic E-state index is 0.00424. The zero-order chi connectivity index (χ0) is 20.5. The Bertz CT molecular complexity index is 1170. The monoisotopic (exact) mass is 422 g/mol. The van der Waals surface area contributed by atoms with Gasteiger partial charge < -0.3 is 14.7 Å². The van der Waals surface area contributed by atoms with Crippen molar-refractivity contribution in [3.63, 3.8) is 0 Å². The third-order valence-corrected chi connectivity index (χ3v) is 5.31. The molecule has 10 heteroatoms. The molecule has 0 radical (unpaired) electrons. The van der Waals surface area contributed by atoms with Gasteiger partial charge in [0, 0.05) is 42.3 Å². The minimum atomic E-state index is 0.00424. The van der Waals surface area contributed by atoms with Crippen molar-refractivity contribution in [2.75, 3.05) is 16.8 Å². The van der Waals surface area contributed by atoms with Crippen molar-refractivity contribution >= 4 is 29.2 Å². The predicted octanol–water partition coefficient (Wildman–Crippen LogP) is 4.30. The highest BCUT2D eigenvalue weighted by Gasteiger charge is 2.31. The number of aryl methyl sites for hydroxylation is 1. The number of halogens is 1. The molecule has 0 amide bonds. The topological polar surface area (TPSA) is 109 Å². The molecule has 0 spiro atoms. The third-order valence-electron chi connectivity index (χ3n) is 5.01. The molecule has 9 nitrogen and oxygen atoms in total. The van der Waals surface area contributed by atoms with Crippen LogP contribution in [0.3, 0.4) is 0 Å². The highest BCUT2D eigenvalue weighted by atomic mass is 35.5. The van der Waals surface area contributed by atoms with E-state index < -0.39 is 0 Å². The summed E-state index contributed by atoms with van der Waals surface area (Å²) in [4.78, 5) is 15.4. The highest BCUT2D eigenvalue weighted by molar-refractivity contribution is 6.32. The van der Waals surface area contributed by atoms with Crippen LogP contribution in [0, 0.1) is 6.92 Å². The lowest BCUT2D eigenvalue weighted by atomic mass is 10.1. The Hall–Kier alpha value is -3.46. The van der Waals surface area contributed by atoms with Crippen molar-refractivity contribution in [3.05, 3.63) is 59.3 Å². The van der Waals surface area contributed by atoms with Gasteiger partial charge in [0.25, 0.3) is 0 Å². The molecule has 0 bridgehead atoms. The lowest BCUT2D eigenvalue weighted by Gasteiger charge is -2.22. The molecule has 1 aliphatic rings. The van der Waals surface area contributed by atoms with Crippen molar-refractivity contribution in [1.29, 1.82) is 0 Å². The molecule has 152 valence electrons. The van der Waals surface area contributed by atoms with Crippen molar-refractivity contribution in [3.8, 4) is 11.3 Å². The van der Waals surface area contributed by atoms with E-state index in [1.165, 1.54) is 0 Å². The number of anilines is 3. The molecule has 1 fully saturated rings. The SMILES string of the molecule is Cc1cc(Nc2ccnc(N3CCC[C@H]3c3cc(-c4cccnc4Cl)no3)n2)n[nH]1. The zero-order valence-corrected chi connectivity index (χ0v) is 17.0. The molecule has 0 aromatic carbocycles. The van der Waals surface area contributed by atoms with E-state index in [0.717, 1.165) is 36.4 Å². The Kier molecular flexibility index (Phi) is 4.80. The van der Waals surface area contributed by atoms with E-state index in [1.54, 1.807) is 12.4 Å². The van der Waals surface area contributed by atoms with Crippen LogP contribution in [0.2, 0.25) is 5.15 Å². The Balaban J connectivity index is 1.39. The number of aromatic amines is 1. The molecule has 1 aliphatic heterocycles. The van der Waals surface area contributed by atoms with E-state index in [-0.39, 0.29) is 6.04 Å². The second kappa shape index (κ2) is 7.75. The Morgan fingerprint density at radius 3 is 2.97 bits per heavy atom. The molecule has 5 rings (SSSR count). The van der Waals surface area contributed by atoms with E-state index in [4.69, 9.17) is 16.1 Å². The average molecular weight is 423 g/mol. The summed E-state index contributed by atoms with van der Waals surface area (Å²) in [5.74, 6) is 2.78. The van der Waals surface area contributed by atoms with Crippen LogP contribution in [0.1, 0.15) is 30.3 Å². The number of nitrogens with one attached hydrogen (secondary N) is 2. The van der Waals surface area contributed by atoms with Crippen LogP contribution in [-0.4, -0.2) is 36.9 Å². The van der Waals surface area contributed by atoms with Gasteiger partial charge in [-0.05, 0) is 38.0 Å². The second-order valence-electron chi connectivity index (χ2n) is 7.11. The van der Waals surface area contributed by atoms with Crippen molar-refractivity contribution in [1.82, 2.24) is 30.3 Å². The van der Waals surface area contributed by atoms with Crippen LogP contribution < -0.4 is 10.2 Å². The fourth-order valence-corrected chi connectivity index (χ4v) is 3.84. The van der Waals surface area contributed by atoms with Gasteiger partial charge in [-0.15, -0.1) is 0 Å². The van der Waals surface area contributed by atoms with Gasteiger partial charge in [-0.1, -0.05) is 16.8 Å². The van der Waals surface area contributed by atoms with Crippen LogP contribution in [0.5, 0.6) is 0 Å². The van der Waals surface area contributed by atoms with E-state index in [9.17, 15) is 0 Å². The normalized spacial score (nSPS) is 16.2. The molecule has 2 N–H and O–H groups in total. The number of pyridine rings is 1. The van der Waals surface area contributed by atoms with Gasteiger partial charge in [0.05, 0.1) is 6.04 Å². The molecule has 1 saturated heterocycles. The summed E-state index contributed by atoms with van der Waals surface area (Å²) in [5.41, 5.74) is 2.39. The number of hydrogen-bond donors (Lipinski definition) is 2. The maximum atomic E-state index is 6.20. The molecule has 4 aromatic rings. The summed E-state index contributed by atoms with van der Waals surface area (Å²) < 4.78 is 5.67. The van der Waals surface area contributed by atoms with Crippen LogP contribution in [0.15, 0.2) is 47.2 Å². The first-order valence-corrected chi connectivity index (χ1v) is 10.0. The third kappa shape index (κ3) is 3.59. The van der Waals surface area contributed by atoms with Gasteiger partial charge in [0.2, 0.25) is 5.95 Å². The zero-order valence-electron chi connectivity index (χ0n) is 16.2. The summed E-state index contributed by atoms with van der Waals surface area (Å²) in [5, 5.41) is 14.9. The molecule has 30 heavy (non-hydrogen) atoms. The summed E-state index contributed by atoms with van der Waals surface area (Å²) in [7, 11) is 0. The lowest BCUT2D eigenvalue weighted by molar-refractivity contribution is 0.362. The summed E-state index contributed by atoms with van der Waals surface area (Å²) in [6.45, 7) is 2.78. The Labute approximate surface area is 177 Å². The fraction of sp³-hybridized carbons (Fsp3) is 0.250. The van der Waals surface area contributed by atoms with E-state index in [0.29, 0.717) is 28.4 Å². The smallest absolute Gasteiger partial charge is 0.227 e. The van der Waals surface area contributed by atoms with Crippen LogP contribution in [0.4, 0.5) is 17.6 Å². The molecule has 1 atom stereocenters. The van der Waals surface area contributed by atoms with Crippen LogP contribution in [0.25, 0.3) is 11.3 Å². The summed E-state index contributed by atoms with van der Waals surface area (Å²) in [6, 6.07) is 9.35. The maximum Gasteiger partial charge on any atom is 0.227 e. The van der Waals surface area contributed by atoms with Gasteiger partial charge in [0.1, 0.15) is 16.7 Å². The first-order valence-electron chi connectivity index (χ1n) is 9.63. The Morgan fingerprint density at radius 2 is 2.13 bits per heavy atom. The van der Waals surface area contributed by atoms with Crippen LogP contribution in [-0.2, 0) is 0 Å². The summed E-state index contributed by atoms with van der Waals surface area (Å²) >= 11 is 6.20. The second-order valence-corrected chi connectivity index (χ2v) is 7.47. The standard InChI is InChI=1S/C20H19ClN8O/c1-12-10-18(27-26-12)24-17-6-8-23-20(25-17)29-9-3-5-15(29)16-11-14(28-30-16)13-4-2-7-22-19(13)21/h2,4,6-8,10-11,15H,3,5,9H2,1H3,(H2,23,24,25,26,27)/t15-/m0/s1.